The number of benzene rings is 2. The molecule has 2 N–H and O–H groups in total. The van der Waals surface area contributed by atoms with Crippen LogP contribution in [0.4, 0.5) is 5.69 Å². The lowest BCUT2D eigenvalue weighted by atomic mass is 10.2. The number of nitrogens with one attached hydrogen (secondary N) is 2. The van der Waals surface area contributed by atoms with Gasteiger partial charge in [-0.05, 0) is 73.9 Å². The minimum atomic E-state index is 0.564. The molecule has 0 amide bonds. The summed E-state index contributed by atoms with van der Waals surface area (Å²) in [5, 5.41) is 7.12. The summed E-state index contributed by atoms with van der Waals surface area (Å²) in [6.45, 7) is 2.05. The molecule has 0 radical (unpaired) electrons. The quantitative estimate of drug-likeness (QED) is 0.827. The van der Waals surface area contributed by atoms with E-state index in [0.29, 0.717) is 11.2 Å². The smallest absolute Gasteiger partial charge is 0.170 e. The summed E-state index contributed by atoms with van der Waals surface area (Å²) in [5.41, 5.74) is 2.15. The molecule has 0 aliphatic heterocycles. The van der Waals surface area contributed by atoms with Crippen molar-refractivity contribution in [2.45, 2.75) is 25.8 Å². The Morgan fingerprint density at radius 1 is 1.10 bits per heavy atom. The Bertz CT molecular complexity index is 635. The highest BCUT2D eigenvalue weighted by Crippen LogP contribution is 2.24. The van der Waals surface area contributed by atoms with Gasteiger partial charge in [-0.25, -0.2) is 0 Å². The van der Waals surface area contributed by atoms with Gasteiger partial charge in [-0.1, -0.05) is 12.1 Å². The Kier molecular flexibility index (Phi) is 4.06. The van der Waals surface area contributed by atoms with E-state index in [1.54, 1.807) is 0 Å². The Morgan fingerprint density at radius 2 is 1.86 bits per heavy atom. The molecule has 2 aromatic rings. The zero-order valence-electron chi connectivity index (χ0n) is 11.9. The highest BCUT2D eigenvalue weighted by atomic mass is 32.1. The highest BCUT2D eigenvalue weighted by Gasteiger charge is 2.21. The average molecular weight is 298 g/mol. The molecule has 0 aromatic heterocycles. The zero-order valence-corrected chi connectivity index (χ0v) is 12.7. The van der Waals surface area contributed by atoms with Crippen molar-refractivity contribution in [1.29, 1.82) is 0 Å². The highest BCUT2D eigenvalue weighted by molar-refractivity contribution is 7.80. The summed E-state index contributed by atoms with van der Waals surface area (Å²) in [6, 6.07) is 16.4. The first-order valence-corrected chi connectivity index (χ1v) is 7.52. The van der Waals surface area contributed by atoms with Crippen molar-refractivity contribution in [3.05, 3.63) is 54.1 Å². The molecule has 0 spiro atoms. The van der Waals surface area contributed by atoms with E-state index in [9.17, 15) is 0 Å². The van der Waals surface area contributed by atoms with Crippen LogP contribution in [0.25, 0.3) is 0 Å². The molecule has 0 saturated heterocycles. The predicted molar refractivity (Wildman–Crippen MR) is 90.1 cm³/mol. The maximum absolute atomic E-state index is 5.82. The van der Waals surface area contributed by atoms with Crippen LogP contribution in [-0.2, 0) is 0 Å². The van der Waals surface area contributed by atoms with Crippen LogP contribution in [0.2, 0.25) is 0 Å². The number of hydrogen-bond acceptors (Lipinski definition) is 2. The first-order chi connectivity index (χ1) is 10.2. The van der Waals surface area contributed by atoms with Gasteiger partial charge in [0.2, 0.25) is 0 Å². The molecule has 1 aliphatic rings. The van der Waals surface area contributed by atoms with Crippen molar-refractivity contribution < 1.29 is 4.74 Å². The number of anilines is 1. The largest absolute Gasteiger partial charge is 0.457 e. The Morgan fingerprint density at radius 3 is 2.52 bits per heavy atom. The van der Waals surface area contributed by atoms with Crippen molar-refractivity contribution in [1.82, 2.24) is 5.32 Å². The van der Waals surface area contributed by atoms with E-state index in [1.165, 1.54) is 18.4 Å². The Labute approximate surface area is 130 Å². The Hall–Kier alpha value is -2.07. The molecule has 3 rings (SSSR count). The standard InChI is InChI=1S/C17H18N2OS/c1-12-3-2-4-16(11-12)20-15-9-7-14(8-10-15)19-17(21)18-13-5-6-13/h2-4,7-11,13H,5-6H2,1H3,(H2,18,19,21). The molecule has 0 heterocycles. The molecule has 1 saturated carbocycles. The zero-order chi connectivity index (χ0) is 14.7. The maximum atomic E-state index is 5.82. The van der Waals surface area contributed by atoms with Crippen LogP contribution < -0.4 is 15.4 Å². The second-order valence-corrected chi connectivity index (χ2v) is 5.72. The number of ether oxygens (including phenoxy) is 1. The van der Waals surface area contributed by atoms with Crippen LogP contribution in [0, 0.1) is 6.92 Å². The van der Waals surface area contributed by atoms with Crippen LogP contribution in [0.1, 0.15) is 18.4 Å². The maximum Gasteiger partial charge on any atom is 0.170 e. The summed E-state index contributed by atoms with van der Waals surface area (Å²) >= 11 is 5.25. The van der Waals surface area contributed by atoms with Gasteiger partial charge in [0.1, 0.15) is 11.5 Å². The fourth-order valence-corrected chi connectivity index (χ4v) is 2.29. The Balaban J connectivity index is 1.59. The number of aryl methyl sites for hydroxylation is 1. The lowest BCUT2D eigenvalue weighted by Gasteiger charge is -2.11. The first-order valence-electron chi connectivity index (χ1n) is 7.11. The van der Waals surface area contributed by atoms with Crippen molar-refractivity contribution in [2.24, 2.45) is 0 Å². The third-order valence-corrected chi connectivity index (χ3v) is 3.47. The lowest BCUT2D eigenvalue weighted by Crippen LogP contribution is -2.30. The molecule has 1 fully saturated rings. The second kappa shape index (κ2) is 6.14. The molecular formula is C17H18N2OS. The van der Waals surface area contributed by atoms with Gasteiger partial charge in [-0.2, -0.15) is 0 Å². The van der Waals surface area contributed by atoms with Gasteiger partial charge in [0.25, 0.3) is 0 Å². The molecule has 2 aromatic carbocycles. The third kappa shape index (κ3) is 4.20. The van der Waals surface area contributed by atoms with Crippen molar-refractivity contribution in [3.8, 4) is 11.5 Å². The van der Waals surface area contributed by atoms with Crippen LogP contribution in [0.15, 0.2) is 48.5 Å². The third-order valence-electron chi connectivity index (χ3n) is 3.25. The topological polar surface area (TPSA) is 33.3 Å². The van der Waals surface area contributed by atoms with Gasteiger partial charge in [-0.3, -0.25) is 0 Å². The second-order valence-electron chi connectivity index (χ2n) is 5.32. The fourth-order valence-electron chi connectivity index (χ4n) is 2.00. The SMILES string of the molecule is Cc1cccc(Oc2ccc(NC(=S)NC3CC3)cc2)c1. The molecule has 0 atom stereocenters. The summed E-state index contributed by atoms with van der Waals surface area (Å²) in [7, 11) is 0. The van der Waals surface area contributed by atoms with Crippen molar-refractivity contribution >= 4 is 23.0 Å². The number of rotatable bonds is 4. The average Bonchev–Trinajstić information content (AvgIpc) is 3.25. The first kappa shape index (κ1) is 13.9. The predicted octanol–water partition coefficient (Wildman–Crippen LogP) is 4.24. The monoisotopic (exact) mass is 298 g/mol. The molecule has 21 heavy (non-hydrogen) atoms. The lowest BCUT2D eigenvalue weighted by molar-refractivity contribution is 0.482. The van der Waals surface area contributed by atoms with E-state index in [4.69, 9.17) is 17.0 Å². The molecule has 0 bridgehead atoms. The van der Waals surface area contributed by atoms with Crippen LogP contribution in [-0.4, -0.2) is 11.2 Å². The van der Waals surface area contributed by atoms with Gasteiger partial charge < -0.3 is 15.4 Å². The summed E-state index contributed by atoms with van der Waals surface area (Å²) in [6.07, 6.45) is 2.43. The number of hydrogen-bond donors (Lipinski definition) is 2. The normalized spacial score (nSPS) is 13.6. The van der Waals surface area contributed by atoms with Crippen LogP contribution in [0.5, 0.6) is 11.5 Å². The molecule has 3 nitrogen and oxygen atoms in total. The summed E-state index contributed by atoms with van der Waals surface area (Å²) in [4.78, 5) is 0. The van der Waals surface area contributed by atoms with Gasteiger partial charge in [0.05, 0.1) is 0 Å². The molecule has 0 unspecified atom stereocenters. The number of thiocarbonyl (C=S) groups is 1. The van der Waals surface area contributed by atoms with E-state index in [1.807, 2.05) is 55.5 Å². The summed E-state index contributed by atoms with van der Waals surface area (Å²) < 4.78 is 5.82. The molecule has 108 valence electrons. The molecule has 1 aliphatic carbocycles. The van der Waals surface area contributed by atoms with Crippen LogP contribution >= 0.6 is 12.2 Å². The van der Waals surface area contributed by atoms with Gasteiger partial charge >= 0.3 is 0 Å². The summed E-state index contributed by atoms with van der Waals surface area (Å²) in [5.74, 6) is 1.66. The fraction of sp³-hybridized carbons (Fsp3) is 0.235. The van der Waals surface area contributed by atoms with Gasteiger partial charge in [-0.15, -0.1) is 0 Å². The van der Waals surface area contributed by atoms with E-state index in [0.717, 1.165) is 17.2 Å². The van der Waals surface area contributed by atoms with Crippen molar-refractivity contribution in [3.63, 3.8) is 0 Å². The van der Waals surface area contributed by atoms with E-state index in [-0.39, 0.29) is 0 Å². The molecular weight excluding hydrogens is 280 g/mol. The van der Waals surface area contributed by atoms with E-state index >= 15 is 0 Å². The van der Waals surface area contributed by atoms with E-state index < -0.39 is 0 Å². The van der Waals surface area contributed by atoms with Gasteiger partial charge in [0, 0.05) is 11.7 Å². The minimum Gasteiger partial charge on any atom is -0.457 e. The molecule has 4 heteroatoms. The van der Waals surface area contributed by atoms with Gasteiger partial charge in [0.15, 0.2) is 5.11 Å². The van der Waals surface area contributed by atoms with E-state index in [2.05, 4.69) is 10.6 Å². The van der Waals surface area contributed by atoms with Crippen LogP contribution in [0.3, 0.4) is 0 Å². The van der Waals surface area contributed by atoms with Crippen molar-refractivity contribution in [2.75, 3.05) is 5.32 Å². The minimum absolute atomic E-state index is 0.564.